The number of hydrogen-bond donors (Lipinski definition) is 1. The van der Waals surface area contributed by atoms with E-state index in [4.69, 9.17) is 11.6 Å². The van der Waals surface area contributed by atoms with Gasteiger partial charge in [0.2, 0.25) is 10.0 Å². The fourth-order valence-corrected chi connectivity index (χ4v) is 3.90. The minimum absolute atomic E-state index is 0.149. The summed E-state index contributed by atoms with van der Waals surface area (Å²) < 4.78 is 26.8. The van der Waals surface area contributed by atoms with Gasteiger partial charge in [-0.3, -0.25) is 4.79 Å². The molecule has 8 heteroatoms. The maximum Gasteiger partial charge on any atom is 0.255 e. The molecular formula is C20H18ClN3O3S. The van der Waals surface area contributed by atoms with Crippen LogP contribution in [0.25, 0.3) is 0 Å². The molecule has 0 radical (unpaired) electrons. The number of benzene rings is 2. The monoisotopic (exact) mass is 415 g/mol. The van der Waals surface area contributed by atoms with Crippen molar-refractivity contribution in [2.45, 2.75) is 11.4 Å². The van der Waals surface area contributed by atoms with E-state index in [1.54, 1.807) is 18.2 Å². The molecule has 3 rings (SSSR count). The van der Waals surface area contributed by atoms with Crippen LogP contribution in [0.2, 0.25) is 5.15 Å². The Labute approximate surface area is 168 Å². The van der Waals surface area contributed by atoms with Gasteiger partial charge in [0.15, 0.2) is 0 Å². The van der Waals surface area contributed by atoms with Gasteiger partial charge in [-0.05, 0) is 42.0 Å². The van der Waals surface area contributed by atoms with Crippen molar-refractivity contribution >= 4 is 33.2 Å². The second-order valence-corrected chi connectivity index (χ2v) is 8.52. The highest BCUT2D eigenvalue weighted by Gasteiger charge is 2.21. The van der Waals surface area contributed by atoms with E-state index < -0.39 is 10.0 Å². The number of halogens is 1. The summed E-state index contributed by atoms with van der Waals surface area (Å²) in [6.07, 6.45) is 1.44. The third-order valence-electron chi connectivity index (χ3n) is 4.06. The van der Waals surface area contributed by atoms with Gasteiger partial charge in [0.05, 0.1) is 4.90 Å². The molecule has 6 nitrogen and oxygen atoms in total. The van der Waals surface area contributed by atoms with Crippen LogP contribution in [-0.4, -0.2) is 30.7 Å². The molecule has 0 unspecified atom stereocenters. The lowest BCUT2D eigenvalue weighted by molar-refractivity contribution is 0.102. The van der Waals surface area contributed by atoms with Gasteiger partial charge >= 0.3 is 0 Å². The maximum atomic E-state index is 12.7. The number of amides is 1. The minimum Gasteiger partial charge on any atom is -0.322 e. The summed E-state index contributed by atoms with van der Waals surface area (Å²) in [5.74, 6) is -0.360. The van der Waals surface area contributed by atoms with Gasteiger partial charge in [0, 0.05) is 31.0 Å². The number of pyridine rings is 1. The first-order valence-corrected chi connectivity index (χ1v) is 10.2. The fourth-order valence-electron chi connectivity index (χ4n) is 2.56. The van der Waals surface area contributed by atoms with Crippen LogP contribution in [0.1, 0.15) is 15.9 Å². The second kappa shape index (κ2) is 8.52. The quantitative estimate of drug-likeness (QED) is 0.621. The molecule has 0 spiro atoms. The van der Waals surface area contributed by atoms with Crippen LogP contribution >= 0.6 is 11.6 Å². The van der Waals surface area contributed by atoms with Crippen LogP contribution in [0.3, 0.4) is 0 Å². The van der Waals surface area contributed by atoms with E-state index in [0.29, 0.717) is 11.3 Å². The van der Waals surface area contributed by atoms with Crippen molar-refractivity contribution in [2.75, 3.05) is 12.4 Å². The van der Waals surface area contributed by atoms with Crippen molar-refractivity contribution in [2.24, 2.45) is 0 Å². The molecule has 0 bridgehead atoms. The average Bonchev–Trinajstić information content (AvgIpc) is 2.69. The average molecular weight is 416 g/mol. The first-order valence-electron chi connectivity index (χ1n) is 8.39. The molecule has 1 heterocycles. The van der Waals surface area contributed by atoms with Crippen molar-refractivity contribution in [1.29, 1.82) is 0 Å². The summed E-state index contributed by atoms with van der Waals surface area (Å²) in [5, 5.41) is 2.92. The van der Waals surface area contributed by atoms with Crippen LogP contribution < -0.4 is 5.32 Å². The lowest BCUT2D eigenvalue weighted by Gasteiger charge is -2.17. The van der Waals surface area contributed by atoms with Gasteiger partial charge in [0.25, 0.3) is 5.91 Å². The Morgan fingerprint density at radius 1 is 1.07 bits per heavy atom. The van der Waals surface area contributed by atoms with Crippen molar-refractivity contribution in [3.63, 3.8) is 0 Å². The molecule has 0 saturated heterocycles. The molecule has 0 aliphatic carbocycles. The van der Waals surface area contributed by atoms with Gasteiger partial charge in [0.1, 0.15) is 5.15 Å². The third-order valence-corrected chi connectivity index (χ3v) is 6.08. The van der Waals surface area contributed by atoms with Gasteiger partial charge < -0.3 is 5.32 Å². The van der Waals surface area contributed by atoms with Crippen LogP contribution in [0.5, 0.6) is 0 Å². The summed E-state index contributed by atoms with van der Waals surface area (Å²) in [5.41, 5.74) is 1.73. The zero-order chi connectivity index (χ0) is 20.1. The number of sulfonamides is 1. The van der Waals surface area contributed by atoms with Gasteiger partial charge in [-0.2, -0.15) is 4.31 Å². The Hall–Kier alpha value is -2.74. The predicted octanol–water partition coefficient (Wildman–Crippen LogP) is 3.81. The highest BCUT2D eigenvalue weighted by Crippen LogP contribution is 2.20. The fraction of sp³-hybridized carbons (Fsp3) is 0.100. The lowest BCUT2D eigenvalue weighted by Crippen LogP contribution is -2.26. The van der Waals surface area contributed by atoms with Crippen LogP contribution in [0, 0.1) is 0 Å². The molecule has 0 fully saturated rings. The third kappa shape index (κ3) is 4.75. The number of anilines is 1. The van der Waals surface area contributed by atoms with E-state index in [9.17, 15) is 13.2 Å². The summed E-state index contributed by atoms with van der Waals surface area (Å²) in [6.45, 7) is 0.268. The Morgan fingerprint density at radius 2 is 1.75 bits per heavy atom. The summed E-state index contributed by atoms with van der Waals surface area (Å²) in [6, 6.07) is 18.4. The molecule has 1 aromatic heterocycles. The molecule has 0 atom stereocenters. The molecule has 2 aromatic carbocycles. The van der Waals surface area contributed by atoms with Gasteiger partial charge in [-0.1, -0.05) is 41.9 Å². The number of hydrogen-bond acceptors (Lipinski definition) is 4. The van der Waals surface area contributed by atoms with E-state index in [1.807, 2.05) is 30.3 Å². The SMILES string of the molecule is CN(Cc1ccccc1)S(=O)(=O)c1ccc(NC(=O)c2ccnc(Cl)c2)cc1. The predicted molar refractivity (Wildman–Crippen MR) is 109 cm³/mol. The molecule has 1 amide bonds. The smallest absolute Gasteiger partial charge is 0.255 e. The molecule has 0 aliphatic rings. The molecular weight excluding hydrogens is 398 g/mol. The minimum atomic E-state index is -3.65. The normalized spacial score (nSPS) is 11.4. The zero-order valence-electron chi connectivity index (χ0n) is 15.0. The van der Waals surface area contributed by atoms with Crippen LogP contribution in [0.4, 0.5) is 5.69 Å². The second-order valence-electron chi connectivity index (χ2n) is 6.09. The van der Waals surface area contributed by atoms with Crippen molar-refractivity contribution < 1.29 is 13.2 Å². The molecule has 3 aromatic rings. The topological polar surface area (TPSA) is 79.4 Å². The van der Waals surface area contributed by atoms with E-state index in [1.165, 1.54) is 35.7 Å². The van der Waals surface area contributed by atoms with E-state index in [0.717, 1.165) is 5.56 Å². The largest absolute Gasteiger partial charge is 0.322 e. The van der Waals surface area contributed by atoms with Crippen LogP contribution in [0.15, 0.2) is 77.8 Å². The molecule has 0 aliphatic heterocycles. The molecule has 0 saturated carbocycles. The van der Waals surface area contributed by atoms with E-state index in [2.05, 4.69) is 10.3 Å². The van der Waals surface area contributed by atoms with Gasteiger partial charge in [-0.15, -0.1) is 0 Å². The van der Waals surface area contributed by atoms with Crippen molar-refractivity contribution in [1.82, 2.24) is 9.29 Å². The van der Waals surface area contributed by atoms with Gasteiger partial charge in [-0.25, -0.2) is 13.4 Å². The Kier molecular flexibility index (Phi) is 6.08. The number of carbonyl (C=O) groups is 1. The van der Waals surface area contributed by atoms with E-state index in [-0.39, 0.29) is 22.5 Å². The first kappa shape index (κ1) is 20.0. The Balaban J connectivity index is 1.71. The highest BCUT2D eigenvalue weighted by atomic mass is 35.5. The Morgan fingerprint density at radius 3 is 2.39 bits per heavy atom. The summed E-state index contributed by atoms with van der Waals surface area (Å²) in [7, 11) is -2.11. The van der Waals surface area contributed by atoms with Crippen molar-refractivity contribution in [3.8, 4) is 0 Å². The number of rotatable bonds is 6. The number of nitrogens with zero attached hydrogens (tertiary/aromatic N) is 2. The lowest BCUT2D eigenvalue weighted by atomic mass is 10.2. The standard InChI is InChI=1S/C20H18ClN3O3S/c1-24(14-15-5-3-2-4-6-15)28(26,27)18-9-7-17(8-10-18)23-20(25)16-11-12-22-19(21)13-16/h2-13H,14H2,1H3,(H,23,25). The molecule has 28 heavy (non-hydrogen) atoms. The van der Waals surface area contributed by atoms with Crippen LogP contribution in [-0.2, 0) is 16.6 Å². The molecule has 144 valence electrons. The molecule has 1 N–H and O–H groups in total. The van der Waals surface area contributed by atoms with Crippen molar-refractivity contribution in [3.05, 3.63) is 89.2 Å². The first-order chi connectivity index (χ1) is 13.4. The summed E-state index contributed by atoms with van der Waals surface area (Å²) in [4.78, 5) is 16.2. The number of aromatic nitrogens is 1. The number of carbonyl (C=O) groups excluding carboxylic acids is 1. The maximum absolute atomic E-state index is 12.7. The highest BCUT2D eigenvalue weighted by molar-refractivity contribution is 7.89. The Bertz CT molecular complexity index is 1070. The summed E-state index contributed by atoms with van der Waals surface area (Å²) >= 11 is 5.79. The van der Waals surface area contributed by atoms with E-state index >= 15 is 0 Å². The zero-order valence-corrected chi connectivity index (χ0v) is 16.6. The number of nitrogens with one attached hydrogen (secondary N) is 1.